The third kappa shape index (κ3) is 3.94. The van der Waals surface area contributed by atoms with Crippen molar-refractivity contribution < 1.29 is 17.0 Å². The number of aryl methyl sites for hydroxylation is 1. The van der Waals surface area contributed by atoms with Gasteiger partial charge in [0, 0.05) is 10.0 Å². The molecule has 5 nitrogen and oxygen atoms in total. The van der Waals surface area contributed by atoms with Crippen LogP contribution in [0.15, 0.2) is 63.9 Å². The van der Waals surface area contributed by atoms with E-state index in [1.165, 1.54) is 18.2 Å². The fraction of sp³-hybridized carbons (Fsp3) is 0.0500. The van der Waals surface area contributed by atoms with E-state index in [9.17, 15) is 8.42 Å². The molecule has 0 saturated carbocycles. The molecule has 0 aliphatic heterocycles. The minimum absolute atomic E-state index is 0.0378. The van der Waals surface area contributed by atoms with Gasteiger partial charge in [-0.3, -0.25) is 0 Å². The van der Waals surface area contributed by atoms with Crippen LogP contribution in [0.5, 0.6) is 5.75 Å². The summed E-state index contributed by atoms with van der Waals surface area (Å²) in [6.45, 7) is 1.72. The van der Waals surface area contributed by atoms with Crippen LogP contribution in [-0.4, -0.2) is 13.4 Å². The summed E-state index contributed by atoms with van der Waals surface area (Å²) in [7, 11) is -4.23. The highest BCUT2D eigenvalue weighted by atomic mass is 35.5. The van der Waals surface area contributed by atoms with Crippen molar-refractivity contribution in [1.29, 1.82) is 0 Å². The van der Waals surface area contributed by atoms with E-state index < -0.39 is 10.1 Å². The van der Waals surface area contributed by atoms with E-state index in [0.717, 1.165) is 0 Å². The van der Waals surface area contributed by atoms with Crippen LogP contribution in [0.2, 0.25) is 15.1 Å². The van der Waals surface area contributed by atoms with E-state index in [2.05, 4.69) is 4.98 Å². The number of benzene rings is 3. The maximum Gasteiger partial charge on any atom is 0.340 e. The molecule has 29 heavy (non-hydrogen) atoms. The SMILES string of the molecule is Cc1cccc(-c2nc3cc(Cl)ccc3o2)c1OS(=O)(=O)c1ccc(Cl)cc1Cl. The molecule has 1 heterocycles. The molecular formula is C20H12Cl3NO4S. The van der Waals surface area contributed by atoms with Crippen LogP contribution in [0.3, 0.4) is 0 Å². The average molecular weight is 469 g/mol. The average Bonchev–Trinajstić information content (AvgIpc) is 3.05. The van der Waals surface area contributed by atoms with Crippen molar-refractivity contribution >= 4 is 56.0 Å². The van der Waals surface area contributed by atoms with Gasteiger partial charge in [0.25, 0.3) is 0 Å². The first-order chi connectivity index (χ1) is 13.7. The Morgan fingerprint density at radius 2 is 1.69 bits per heavy atom. The van der Waals surface area contributed by atoms with E-state index in [-0.39, 0.29) is 21.6 Å². The molecule has 0 spiro atoms. The Balaban J connectivity index is 1.82. The lowest BCUT2D eigenvalue weighted by atomic mass is 10.1. The first kappa shape index (κ1) is 20.0. The third-order valence-electron chi connectivity index (χ3n) is 4.15. The molecular weight excluding hydrogens is 457 g/mol. The van der Waals surface area contributed by atoms with Gasteiger partial charge in [0.1, 0.15) is 10.4 Å². The lowest BCUT2D eigenvalue weighted by Gasteiger charge is -2.13. The maximum absolute atomic E-state index is 12.9. The number of hydrogen-bond donors (Lipinski definition) is 0. The first-order valence-electron chi connectivity index (χ1n) is 8.30. The van der Waals surface area contributed by atoms with Crippen LogP contribution >= 0.6 is 34.8 Å². The smallest absolute Gasteiger partial charge is 0.340 e. The number of hydrogen-bond acceptors (Lipinski definition) is 5. The molecule has 0 bridgehead atoms. The Morgan fingerprint density at radius 3 is 2.45 bits per heavy atom. The fourth-order valence-corrected chi connectivity index (χ4v) is 4.70. The molecule has 0 aliphatic carbocycles. The molecule has 0 saturated heterocycles. The van der Waals surface area contributed by atoms with Crippen molar-refractivity contribution in [1.82, 2.24) is 4.98 Å². The lowest BCUT2D eigenvalue weighted by molar-refractivity contribution is 0.483. The Kier molecular flexibility index (Phi) is 5.21. The molecule has 148 valence electrons. The Hall–Kier alpha value is -2.25. The maximum atomic E-state index is 12.9. The minimum atomic E-state index is -4.23. The highest BCUT2D eigenvalue weighted by Gasteiger charge is 2.25. The summed E-state index contributed by atoms with van der Waals surface area (Å²) in [6.07, 6.45) is 0. The number of halogens is 3. The molecule has 1 aromatic heterocycles. The van der Waals surface area contributed by atoms with Gasteiger partial charge < -0.3 is 8.60 Å². The van der Waals surface area contributed by atoms with Crippen LogP contribution in [0, 0.1) is 6.92 Å². The molecule has 0 atom stereocenters. The lowest BCUT2D eigenvalue weighted by Crippen LogP contribution is -2.12. The molecule has 4 aromatic rings. The molecule has 0 N–H and O–H groups in total. The van der Waals surface area contributed by atoms with Crippen molar-refractivity contribution in [3.63, 3.8) is 0 Å². The second-order valence-corrected chi connectivity index (χ2v) is 8.99. The highest BCUT2D eigenvalue weighted by molar-refractivity contribution is 7.87. The predicted octanol–water partition coefficient (Wildman–Crippen LogP) is 6.53. The second-order valence-electron chi connectivity index (χ2n) is 6.19. The Bertz CT molecular complexity index is 1350. The summed E-state index contributed by atoms with van der Waals surface area (Å²) >= 11 is 17.9. The molecule has 9 heteroatoms. The zero-order valence-corrected chi connectivity index (χ0v) is 17.9. The Morgan fingerprint density at radius 1 is 0.966 bits per heavy atom. The summed E-state index contributed by atoms with van der Waals surface area (Å²) in [5, 5.41) is 0.790. The van der Waals surface area contributed by atoms with Crippen LogP contribution in [0.1, 0.15) is 5.56 Å². The predicted molar refractivity (Wildman–Crippen MR) is 113 cm³/mol. The monoisotopic (exact) mass is 467 g/mol. The van der Waals surface area contributed by atoms with Crippen molar-refractivity contribution in [3.05, 3.63) is 75.2 Å². The van der Waals surface area contributed by atoms with Crippen molar-refractivity contribution in [3.8, 4) is 17.2 Å². The van der Waals surface area contributed by atoms with Gasteiger partial charge in [0.05, 0.1) is 10.6 Å². The topological polar surface area (TPSA) is 69.4 Å². The van der Waals surface area contributed by atoms with E-state index in [0.29, 0.717) is 32.3 Å². The zero-order chi connectivity index (χ0) is 20.8. The summed E-state index contributed by atoms with van der Waals surface area (Å²) in [4.78, 5) is 4.22. The van der Waals surface area contributed by atoms with Gasteiger partial charge in [0.15, 0.2) is 11.3 Å². The summed E-state index contributed by atoms with van der Waals surface area (Å²) < 4.78 is 37.0. The van der Waals surface area contributed by atoms with Gasteiger partial charge in [-0.25, -0.2) is 4.98 Å². The van der Waals surface area contributed by atoms with Gasteiger partial charge in [0.2, 0.25) is 5.89 Å². The molecule has 3 aromatic carbocycles. The number of aromatic nitrogens is 1. The van der Waals surface area contributed by atoms with Gasteiger partial charge in [-0.15, -0.1) is 0 Å². The van der Waals surface area contributed by atoms with E-state index >= 15 is 0 Å². The van der Waals surface area contributed by atoms with Crippen LogP contribution in [-0.2, 0) is 10.1 Å². The van der Waals surface area contributed by atoms with Crippen LogP contribution in [0.4, 0.5) is 0 Å². The van der Waals surface area contributed by atoms with E-state index in [1.807, 2.05) is 0 Å². The van der Waals surface area contributed by atoms with Crippen LogP contribution < -0.4 is 4.18 Å². The fourth-order valence-electron chi connectivity index (χ4n) is 2.78. The number of para-hydroxylation sites is 1. The van der Waals surface area contributed by atoms with Crippen molar-refractivity contribution in [2.45, 2.75) is 11.8 Å². The van der Waals surface area contributed by atoms with Gasteiger partial charge >= 0.3 is 10.1 Å². The molecule has 0 amide bonds. The quantitative estimate of drug-likeness (QED) is 0.318. The van der Waals surface area contributed by atoms with Crippen molar-refractivity contribution in [2.24, 2.45) is 0 Å². The first-order valence-corrected chi connectivity index (χ1v) is 10.8. The number of oxazole rings is 1. The van der Waals surface area contributed by atoms with Gasteiger partial charge in [-0.1, -0.05) is 46.9 Å². The summed E-state index contributed by atoms with van der Waals surface area (Å²) in [5.41, 5.74) is 2.02. The van der Waals surface area contributed by atoms with E-state index in [1.54, 1.807) is 43.3 Å². The largest absolute Gasteiger partial charge is 0.436 e. The normalized spacial score (nSPS) is 11.7. The minimum Gasteiger partial charge on any atom is -0.436 e. The number of nitrogens with zero attached hydrogens (tertiary/aromatic N) is 1. The van der Waals surface area contributed by atoms with Gasteiger partial charge in [-0.2, -0.15) is 8.42 Å². The summed E-state index contributed by atoms with van der Waals surface area (Å²) in [5.74, 6) is 0.300. The zero-order valence-electron chi connectivity index (χ0n) is 14.8. The molecule has 0 unspecified atom stereocenters. The molecule has 0 fully saturated rings. The molecule has 4 rings (SSSR count). The highest BCUT2D eigenvalue weighted by Crippen LogP contribution is 2.37. The second kappa shape index (κ2) is 7.54. The van der Waals surface area contributed by atoms with Crippen molar-refractivity contribution in [2.75, 3.05) is 0 Å². The number of rotatable bonds is 4. The third-order valence-corrected chi connectivity index (χ3v) is 6.32. The number of fused-ring (bicyclic) bond motifs is 1. The Labute approximate surface area is 181 Å². The van der Waals surface area contributed by atoms with Gasteiger partial charge in [-0.05, 0) is 55.0 Å². The van der Waals surface area contributed by atoms with Crippen LogP contribution in [0.25, 0.3) is 22.6 Å². The molecule has 0 aliphatic rings. The summed E-state index contributed by atoms with van der Waals surface area (Å²) in [6, 6.07) is 14.2. The van der Waals surface area contributed by atoms with E-state index in [4.69, 9.17) is 43.4 Å². The standard InChI is InChI=1S/C20H12Cl3NO4S/c1-11-3-2-4-14(20-24-16-10-13(22)5-7-17(16)27-20)19(11)28-29(25,26)18-8-6-12(21)9-15(18)23/h2-10H,1H3. The molecule has 0 radical (unpaired) electrons.